The molecule has 0 spiro atoms. The average Bonchev–Trinajstić information content (AvgIpc) is 2.37. The molecule has 1 fully saturated rings. The summed E-state index contributed by atoms with van der Waals surface area (Å²) in [6.45, 7) is 3.67. The standard InChI is InChI=1S/C12H14ClN3O3.ClH/c1-8-7-15(6-5-14-8)12(17)11-9(13)3-2-4-10(11)16(18)19;/h2-4,8,14H,5-7H2,1H3;1H/t8-;/m1./s1. The second-order valence-corrected chi connectivity index (χ2v) is 4.90. The van der Waals surface area contributed by atoms with Crippen molar-refractivity contribution in [2.75, 3.05) is 19.6 Å². The van der Waals surface area contributed by atoms with Gasteiger partial charge in [-0.15, -0.1) is 12.4 Å². The van der Waals surface area contributed by atoms with E-state index < -0.39 is 4.92 Å². The number of amides is 1. The minimum Gasteiger partial charge on any atom is -0.336 e. The Bertz CT molecular complexity index is 525. The van der Waals surface area contributed by atoms with Gasteiger partial charge in [-0.25, -0.2) is 0 Å². The highest BCUT2D eigenvalue weighted by Crippen LogP contribution is 2.27. The fraction of sp³-hybridized carbons (Fsp3) is 0.417. The molecule has 1 atom stereocenters. The van der Waals surface area contributed by atoms with Crippen LogP contribution in [-0.2, 0) is 0 Å². The van der Waals surface area contributed by atoms with E-state index in [1.807, 2.05) is 6.92 Å². The van der Waals surface area contributed by atoms with Crippen molar-refractivity contribution in [1.82, 2.24) is 10.2 Å². The van der Waals surface area contributed by atoms with E-state index >= 15 is 0 Å². The number of carbonyl (C=O) groups excluding carboxylic acids is 1. The lowest BCUT2D eigenvalue weighted by Crippen LogP contribution is -2.51. The molecule has 1 saturated heterocycles. The molecule has 0 saturated carbocycles. The Morgan fingerprint density at radius 2 is 2.25 bits per heavy atom. The summed E-state index contributed by atoms with van der Waals surface area (Å²) in [4.78, 5) is 24.4. The Morgan fingerprint density at radius 1 is 1.55 bits per heavy atom. The summed E-state index contributed by atoms with van der Waals surface area (Å²) >= 11 is 5.96. The maximum absolute atomic E-state index is 12.4. The van der Waals surface area contributed by atoms with Gasteiger partial charge in [0, 0.05) is 31.7 Å². The number of nitro benzene ring substituents is 1. The second-order valence-electron chi connectivity index (χ2n) is 4.50. The molecular weight excluding hydrogens is 305 g/mol. The van der Waals surface area contributed by atoms with Gasteiger partial charge in [-0.2, -0.15) is 0 Å². The largest absolute Gasteiger partial charge is 0.336 e. The van der Waals surface area contributed by atoms with Gasteiger partial charge in [0.2, 0.25) is 0 Å². The van der Waals surface area contributed by atoms with Crippen LogP contribution in [-0.4, -0.2) is 41.4 Å². The topological polar surface area (TPSA) is 75.5 Å². The summed E-state index contributed by atoms with van der Waals surface area (Å²) in [7, 11) is 0. The first-order chi connectivity index (χ1) is 9.00. The van der Waals surface area contributed by atoms with Crippen molar-refractivity contribution in [2.45, 2.75) is 13.0 Å². The molecular formula is C12H15Cl2N3O3. The van der Waals surface area contributed by atoms with E-state index in [1.54, 1.807) is 4.90 Å². The van der Waals surface area contributed by atoms with Gasteiger partial charge < -0.3 is 10.2 Å². The van der Waals surface area contributed by atoms with Crippen LogP contribution >= 0.6 is 24.0 Å². The fourth-order valence-electron chi connectivity index (χ4n) is 2.15. The molecule has 1 aromatic rings. The molecule has 2 rings (SSSR count). The summed E-state index contributed by atoms with van der Waals surface area (Å²) in [5, 5.41) is 14.3. The molecule has 8 heteroatoms. The van der Waals surface area contributed by atoms with Crippen molar-refractivity contribution in [1.29, 1.82) is 0 Å². The lowest BCUT2D eigenvalue weighted by atomic mass is 10.1. The van der Waals surface area contributed by atoms with E-state index in [1.165, 1.54) is 18.2 Å². The summed E-state index contributed by atoms with van der Waals surface area (Å²) in [5.41, 5.74) is -0.271. The maximum atomic E-state index is 12.4. The minimum atomic E-state index is -0.579. The summed E-state index contributed by atoms with van der Waals surface area (Å²) in [6, 6.07) is 4.43. The molecule has 0 unspecified atom stereocenters. The third-order valence-corrected chi connectivity index (χ3v) is 3.37. The molecule has 1 N–H and O–H groups in total. The molecule has 0 aliphatic carbocycles. The van der Waals surface area contributed by atoms with E-state index in [0.29, 0.717) is 19.6 Å². The fourth-order valence-corrected chi connectivity index (χ4v) is 2.40. The predicted octanol–water partition coefficient (Wildman–Crippen LogP) is 2.10. The van der Waals surface area contributed by atoms with Gasteiger partial charge in [0.25, 0.3) is 11.6 Å². The minimum absolute atomic E-state index is 0. The smallest absolute Gasteiger partial charge is 0.283 e. The van der Waals surface area contributed by atoms with Crippen molar-refractivity contribution in [3.63, 3.8) is 0 Å². The average molecular weight is 320 g/mol. The number of piperazine rings is 1. The number of hydrogen-bond acceptors (Lipinski definition) is 4. The van der Waals surface area contributed by atoms with Crippen LogP contribution in [0.3, 0.4) is 0 Å². The molecule has 1 aliphatic rings. The zero-order chi connectivity index (χ0) is 14.0. The van der Waals surface area contributed by atoms with E-state index in [4.69, 9.17) is 11.6 Å². The van der Waals surface area contributed by atoms with Crippen LogP contribution in [0.1, 0.15) is 17.3 Å². The lowest BCUT2D eigenvalue weighted by molar-refractivity contribution is -0.385. The number of nitro groups is 1. The van der Waals surface area contributed by atoms with Crippen LogP contribution in [0.2, 0.25) is 5.02 Å². The third-order valence-electron chi connectivity index (χ3n) is 3.06. The number of rotatable bonds is 2. The van der Waals surface area contributed by atoms with Crippen molar-refractivity contribution in [2.24, 2.45) is 0 Å². The third kappa shape index (κ3) is 3.39. The Kier molecular flexibility index (Phi) is 5.74. The first-order valence-corrected chi connectivity index (χ1v) is 6.34. The van der Waals surface area contributed by atoms with Gasteiger partial charge in [-0.05, 0) is 13.0 Å². The van der Waals surface area contributed by atoms with Crippen LogP contribution in [0.5, 0.6) is 0 Å². The Balaban J connectivity index is 0.00000200. The summed E-state index contributed by atoms with van der Waals surface area (Å²) in [6.07, 6.45) is 0. The van der Waals surface area contributed by atoms with E-state index in [9.17, 15) is 14.9 Å². The van der Waals surface area contributed by atoms with E-state index in [0.717, 1.165) is 0 Å². The lowest BCUT2D eigenvalue weighted by Gasteiger charge is -2.32. The zero-order valence-corrected chi connectivity index (χ0v) is 12.4. The molecule has 0 radical (unpaired) electrons. The normalized spacial score (nSPS) is 18.3. The molecule has 6 nitrogen and oxygen atoms in total. The Hall–Kier alpha value is -1.37. The number of benzene rings is 1. The molecule has 0 bridgehead atoms. The SMILES string of the molecule is C[C@@H]1CN(C(=O)c2c(Cl)cccc2[N+](=O)[O-])CCN1.Cl. The molecule has 110 valence electrons. The van der Waals surface area contributed by atoms with Crippen LogP contribution in [0.15, 0.2) is 18.2 Å². The maximum Gasteiger partial charge on any atom is 0.283 e. The Labute approximate surface area is 127 Å². The zero-order valence-electron chi connectivity index (χ0n) is 10.8. The van der Waals surface area contributed by atoms with Crippen LogP contribution in [0, 0.1) is 10.1 Å². The summed E-state index contributed by atoms with van der Waals surface area (Å²) in [5.74, 6) is -0.384. The second kappa shape index (κ2) is 6.88. The molecule has 1 amide bonds. The Morgan fingerprint density at radius 3 is 2.85 bits per heavy atom. The number of nitrogens with zero attached hydrogens (tertiary/aromatic N) is 2. The number of nitrogens with one attached hydrogen (secondary N) is 1. The summed E-state index contributed by atoms with van der Waals surface area (Å²) < 4.78 is 0. The first-order valence-electron chi connectivity index (χ1n) is 5.96. The van der Waals surface area contributed by atoms with E-state index in [2.05, 4.69) is 5.32 Å². The highest BCUT2D eigenvalue weighted by atomic mass is 35.5. The number of carbonyl (C=O) groups is 1. The first kappa shape index (κ1) is 16.7. The van der Waals surface area contributed by atoms with Gasteiger partial charge in [-0.1, -0.05) is 17.7 Å². The van der Waals surface area contributed by atoms with Gasteiger partial charge in [0.1, 0.15) is 5.56 Å². The highest BCUT2D eigenvalue weighted by Gasteiger charge is 2.29. The molecule has 1 aliphatic heterocycles. The van der Waals surface area contributed by atoms with Crippen LogP contribution < -0.4 is 5.32 Å². The van der Waals surface area contributed by atoms with Gasteiger partial charge in [0.05, 0.1) is 9.95 Å². The molecule has 1 heterocycles. The predicted molar refractivity (Wildman–Crippen MR) is 78.7 cm³/mol. The van der Waals surface area contributed by atoms with Crippen molar-refractivity contribution < 1.29 is 9.72 Å². The monoisotopic (exact) mass is 319 g/mol. The van der Waals surface area contributed by atoms with Crippen molar-refractivity contribution in [3.8, 4) is 0 Å². The quantitative estimate of drug-likeness (QED) is 0.669. The van der Waals surface area contributed by atoms with Crippen LogP contribution in [0.4, 0.5) is 5.69 Å². The number of hydrogen-bond donors (Lipinski definition) is 1. The van der Waals surface area contributed by atoms with E-state index in [-0.39, 0.29) is 40.6 Å². The van der Waals surface area contributed by atoms with Crippen LogP contribution in [0.25, 0.3) is 0 Å². The van der Waals surface area contributed by atoms with Gasteiger partial charge in [-0.3, -0.25) is 14.9 Å². The molecule has 1 aromatic carbocycles. The molecule has 0 aromatic heterocycles. The van der Waals surface area contributed by atoms with Crippen molar-refractivity contribution in [3.05, 3.63) is 38.9 Å². The van der Waals surface area contributed by atoms with Gasteiger partial charge >= 0.3 is 0 Å². The number of halogens is 2. The van der Waals surface area contributed by atoms with Crippen molar-refractivity contribution >= 4 is 35.6 Å². The molecule has 20 heavy (non-hydrogen) atoms. The van der Waals surface area contributed by atoms with Gasteiger partial charge in [0.15, 0.2) is 0 Å². The highest BCUT2D eigenvalue weighted by molar-refractivity contribution is 6.34.